The number of carbonyl (C=O) groups excluding carboxylic acids is 2. The first kappa shape index (κ1) is 19.5. The van der Waals surface area contributed by atoms with Crippen LogP contribution in [0.3, 0.4) is 0 Å². The molecule has 3 atom stereocenters. The van der Waals surface area contributed by atoms with Gasteiger partial charge in [0.2, 0.25) is 0 Å². The fourth-order valence-corrected chi connectivity index (χ4v) is 3.90. The van der Waals surface area contributed by atoms with E-state index in [-0.39, 0.29) is 17.8 Å². The van der Waals surface area contributed by atoms with Gasteiger partial charge in [-0.15, -0.1) is 11.6 Å². The molecular formula is C21H23ClO5. The monoisotopic (exact) mass is 390 g/mol. The van der Waals surface area contributed by atoms with Crippen molar-refractivity contribution in [1.82, 2.24) is 0 Å². The number of allylic oxidation sites excluding steroid dienone is 1. The number of hydrogen-bond acceptors (Lipinski definition) is 5. The number of esters is 2. The van der Waals surface area contributed by atoms with Crippen molar-refractivity contribution in [2.75, 3.05) is 13.0 Å². The van der Waals surface area contributed by atoms with Crippen molar-refractivity contribution in [3.05, 3.63) is 59.1 Å². The summed E-state index contributed by atoms with van der Waals surface area (Å²) in [6.45, 7) is 9.92. The smallest absolute Gasteiger partial charge is 0.341 e. The van der Waals surface area contributed by atoms with Gasteiger partial charge >= 0.3 is 11.9 Å². The third-order valence-electron chi connectivity index (χ3n) is 5.21. The minimum Gasteiger partial charge on any atom is -0.465 e. The van der Waals surface area contributed by atoms with Crippen LogP contribution in [0.1, 0.15) is 47.6 Å². The van der Waals surface area contributed by atoms with Crippen molar-refractivity contribution in [3.8, 4) is 0 Å². The average molecular weight is 391 g/mol. The van der Waals surface area contributed by atoms with E-state index >= 15 is 0 Å². The molecule has 1 aromatic heterocycles. The van der Waals surface area contributed by atoms with Crippen LogP contribution < -0.4 is 0 Å². The van der Waals surface area contributed by atoms with E-state index in [1.165, 1.54) is 7.11 Å². The van der Waals surface area contributed by atoms with E-state index in [2.05, 4.69) is 13.2 Å². The van der Waals surface area contributed by atoms with Gasteiger partial charge in [-0.3, -0.25) is 0 Å². The highest BCUT2D eigenvalue weighted by Crippen LogP contribution is 2.39. The van der Waals surface area contributed by atoms with E-state index < -0.39 is 12.1 Å². The third kappa shape index (κ3) is 3.74. The van der Waals surface area contributed by atoms with E-state index in [1.807, 2.05) is 13.0 Å². The van der Waals surface area contributed by atoms with Crippen LogP contribution in [-0.2, 0) is 20.7 Å². The number of halogens is 1. The lowest BCUT2D eigenvalue weighted by molar-refractivity contribution is -0.140. The third-order valence-corrected chi connectivity index (χ3v) is 5.56. The highest BCUT2D eigenvalue weighted by Gasteiger charge is 2.37. The summed E-state index contributed by atoms with van der Waals surface area (Å²) in [7, 11) is 1.33. The van der Waals surface area contributed by atoms with Crippen LogP contribution in [0, 0.1) is 5.92 Å². The minimum absolute atomic E-state index is 0.0287. The van der Waals surface area contributed by atoms with Crippen LogP contribution in [0.2, 0.25) is 0 Å². The van der Waals surface area contributed by atoms with Gasteiger partial charge in [0.1, 0.15) is 23.2 Å². The molecule has 0 saturated heterocycles. The van der Waals surface area contributed by atoms with Crippen molar-refractivity contribution in [3.63, 3.8) is 0 Å². The molecule has 3 heterocycles. The Hall–Kier alpha value is -2.27. The molecule has 6 heteroatoms. The Morgan fingerprint density at radius 1 is 1.41 bits per heavy atom. The van der Waals surface area contributed by atoms with Crippen LogP contribution in [0.25, 0.3) is 0 Å². The van der Waals surface area contributed by atoms with Gasteiger partial charge in [0.05, 0.1) is 13.0 Å². The second kappa shape index (κ2) is 7.77. The summed E-state index contributed by atoms with van der Waals surface area (Å²) in [4.78, 5) is 24.6. The van der Waals surface area contributed by atoms with Gasteiger partial charge in [-0.2, -0.15) is 0 Å². The zero-order valence-corrected chi connectivity index (χ0v) is 16.3. The second-order valence-electron chi connectivity index (χ2n) is 7.09. The number of rotatable bonds is 4. The molecule has 144 valence electrons. The lowest BCUT2D eigenvalue weighted by Crippen LogP contribution is -2.19. The highest BCUT2D eigenvalue weighted by molar-refractivity contribution is 6.19. The minimum atomic E-state index is -0.498. The molecule has 3 rings (SSSR count). The van der Waals surface area contributed by atoms with Gasteiger partial charge in [-0.1, -0.05) is 24.3 Å². The second-order valence-corrected chi connectivity index (χ2v) is 7.36. The molecule has 2 aliphatic heterocycles. The Labute approximate surface area is 163 Å². The van der Waals surface area contributed by atoms with Gasteiger partial charge in [0.25, 0.3) is 0 Å². The molecule has 0 N–H and O–H groups in total. The zero-order chi connectivity index (χ0) is 19.7. The largest absolute Gasteiger partial charge is 0.465 e. The molecule has 1 unspecified atom stereocenters. The zero-order valence-electron chi connectivity index (χ0n) is 15.5. The summed E-state index contributed by atoms with van der Waals surface area (Å²) in [6, 6.07) is 1.67. The first-order valence-corrected chi connectivity index (χ1v) is 9.40. The van der Waals surface area contributed by atoms with E-state index in [1.54, 1.807) is 6.07 Å². The predicted octanol–water partition coefficient (Wildman–Crippen LogP) is 4.33. The van der Waals surface area contributed by atoms with Crippen molar-refractivity contribution in [1.29, 1.82) is 0 Å². The van der Waals surface area contributed by atoms with Gasteiger partial charge in [0.15, 0.2) is 0 Å². The Kier molecular flexibility index (Phi) is 5.61. The van der Waals surface area contributed by atoms with Crippen LogP contribution in [0.15, 0.2) is 46.4 Å². The number of carbonyl (C=O) groups is 2. The Morgan fingerprint density at radius 3 is 2.78 bits per heavy atom. The topological polar surface area (TPSA) is 65.7 Å². The van der Waals surface area contributed by atoms with Crippen LogP contribution in [0.5, 0.6) is 0 Å². The van der Waals surface area contributed by atoms with Crippen LogP contribution in [-0.4, -0.2) is 31.0 Å². The molecule has 0 spiro atoms. The van der Waals surface area contributed by atoms with E-state index in [4.69, 9.17) is 25.5 Å². The summed E-state index contributed by atoms with van der Waals surface area (Å²) in [5, 5.41) is 0. The standard InChI is InChI=1S/C21H23ClO5/c1-11(2)19-17-8-14(20(23)27-17)6-5-13(12(3)10-22)7-16-15(21(24)25-4)9-18(19)26-16/h8-9,13,17,19H,1,3,5-7,10H2,2,4H3/t13?,17-,19-/m1/s1. The quantitative estimate of drug-likeness (QED) is 0.435. The molecule has 0 saturated carbocycles. The molecule has 5 nitrogen and oxygen atoms in total. The lowest BCUT2D eigenvalue weighted by atomic mass is 9.87. The highest BCUT2D eigenvalue weighted by atomic mass is 35.5. The van der Waals surface area contributed by atoms with Gasteiger partial charge < -0.3 is 13.9 Å². The molecule has 0 aliphatic carbocycles. The van der Waals surface area contributed by atoms with E-state index in [9.17, 15) is 9.59 Å². The summed E-state index contributed by atoms with van der Waals surface area (Å²) in [5.74, 6) is 0.190. The summed E-state index contributed by atoms with van der Waals surface area (Å²) in [5.41, 5.74) is 2.65. The van der Waals surface area contributed by atoms with E-state index in [0.717, 1.165) is 11.1 Å². The molecule has 1 aromatic rings. The molecular weight excluding hydrogens is 368 g/mol. The maximum absolute atomic E-state index is 12.3. The molecule has 0 aromatic carbocycles. The number of alkyl halides is 1. The van der Waals surface area contributed by atoms with Gasteiger partial charge in [-0.05, 0) is 37.8 Å². The van der Waals surface area contributed by atoms with Crippen molar-refractivity contribution in [2.24, 2.45) is 5.92 Å². The molecule has 4 bridgehead atoms. The average Bonchev–Trinajstić information content (AvgIpc) is 3.19. The fourth-order valence-electron chi connectivity index (χ4n) is 3.68. The Balaban J connectivity index is 2.13. The number of hydrogen-bond donors (Lipinski definition) is 0. The normalized spacial score (nSPS) is 24.5. The van der Waals surface area contributed by atoms with E-state index in [0.29, 0.717) is 47.8 Å². The summed E-state index contributed by atoms with van der Waals surface area (Å²) < 4.78 is 16.6. The summed E-state index contributed by atoms with van der Waals surface area (Å²) in [6.07, 6.45) is 3.02. The fraction of sp³-hybridized carbons (Fsp3) is 0.429. The molecule has 0 amide bonds. The number of furan rings is 1. The lowest BCUT2D eigenvalue weighted by Gasteiger charge is -2.20. The van der Waals surface area contributed by atoms with Crippen molar-refractivity contribution in [2.45, 2.75) is 38.2 Å². The van der Waals surface area contributed by atoms with Crippen LogP contribution in [0.4, 0.5) is 0 Å². The first-order valence-electron chi connectivity index (χ1n) is 8.87. The van der Waals surface area contributed by atoms with Gasteiger partial charge in [0, 0.05) is 17.9 Å². The van der Waals surface area contributed by atoms with Crippen LogP contribution >= 0.6 is 11.6 Å². The maximum Gasteiger partial charge on any atom is 0.341 e. The predicted molar refractivity (Wildman–Crippen MR) is 102 cm³/mol. The number of methoxy groups -OCH3 is 1. The SMILES string of the molecule is C=C(CCl)C1CCC2=C[C@@H](OC2=O)[C@@H](C(=C)C)c2cc(C(=O)OC)c(o2)C1. The molecule has 0 fully saturated rings. The molecule has 2 aliphatic rings. The Morgan fingerprint density at radius 2 is 2.15 bits per heavy atom. The van der Waals surface area contributed by atoms with Crippen molar-refractivity contribution >= 4 is 23.5 Å². The molecule has 0 radical (unpaired) electrons. The maximum atomic E-state index is 12.3. The number of fused-ring (bicyclic) bond motifs is 3. The molecule has 27 heavy (non-hydrogen) atoms. The van der Waals surface area contributed by atoms with Gasteiger partial charge in [-0.25, -0.2) is 9.59 Å². The van der Waals surface area contributed by atoms with Crippen molar-refractivity contribution < 1.29 is 23.5 Å². The summed E-state index contributed by atoms with van der Waals surface area (Å²) >= 11 is 6.01. The Bertz CT molecular complexity index is 832. The first-order chi connectivity index (χ1) is 12.8. The number of ether oxygens (including phenoxy) is 2.